The van der Waals surface area contributed by atoms with Crippen LogP contribution < -0.4 is 0 Å². The van der Waals surface area contributed by atoms with Gasteiger partial charge in [0, 0.05) is 16.1 Å². The van der Waals surface area contributed by atoms with E-state index in [0.29, 0.717) is 10.0 Å². The first kappa shape index (κ1) is 11.4. The summed E-state index contributed by atoms with van der Waals surface area (Å²) in [5.41, 5.74) is 0.465. The largest absolute Gasteiger partial charge is 0.478 e. The van der Waals surface area contributed by atoms with Gasteiger partial charge in [0.05, 0.1) is 4.47 Å². The zero-order valence-corrected chi connectivity index (χ0v) is 9.97. The lowest BCUT2D eigenvalue weighted by molar-refractivity contribution is -0.131. The van der Waals surface area contributed by atoms with Crippen LogP contribution >= 0.6 is 31.9 Å². The summed E-state index contributed by atoms with van der Waals surface area (Å²) in [6, 6.07) is 2.80. The Morgan fingerprint density at radius 1 is 1.43 bits per heavy atom. The van der Waals surface area contributed by atoms with Crippen molar-refractivity contribution in [2.45, 2.75) is 0 Å². The summed E-state index contributed by atoms with van der Waals surface area (Å²) in [5.74, 6) is -1.51. The van der Waals surface area contributed by atoms with Gasteiger partial charge in [-0.25, -0.2) is 9.18 Å². The topological polar surface area (TPSA) is 37.3 Å². The zero-order chi connectivity index (χ0) is 10.7. The lowest BCUT2D eigenvalue weighted by Gasteiger charge is -2.02. The van der Waals surface area contributed by atoms with Gasteiger partial charge in [0.2, 0.25) is 0 Å². The van der Waals surface area contributed by atoms with E-state index in [1.54, 1.807) is 0 Å². The number of carboxylic acids is 1. The fourth-order valence-corrected chi connectivity index (χ4v) is 2.06. The maximum absolute atomic E-state index is 13.0. The molecule has 0 aliphatic carbocycles. The van der Waals surface area contributed by atoms with Crippen LogP contribution in [0.25, 0.3) is 6.08 Å². The number of hydrogen-bond acceptors (Lipinski definition) is 1. The molecule has 14 heavy (non-hydrogen) atoms. The van der Waals surface area contributed by atoms with E-state index < -0.39 is 11.8 Å². The van der Waals surface area contributed by atoms with Gasteiger partial charge in [-0.05, 0) is 34.1 Å². The minimum absolute atomic E-state index is 0.240. The minimum Gasteiger partial charge on any atom is -0.478 e. The van der Waals surface area contributed by atoms with Crippen LogP contribution in [-0.4, -0.2) is 11.1 Å². The lowest BCUT2D eigenvalue weighted by Crippen LogP contribution is -1.88. The van der Waals surface area contributed by atoms with Crippen LogP contribution in [0.15, 0.2) is 27.2 Å². The summed E-state index contributed by atoms with van der Waals surface area (Å²) in [6.07, 6.45) is 2.27. The summed E-state index contributed by atoms with van der Waals surface area (Å²) in [4.78, 5) is 10.3. The number of benzene rings is 1. The van der Waals surface area contributed by atoms with E-state index in [2.05, 4.69) is 31.9 Å². The van der Waals surface area contributed by atoms with Gasteiger partial charge < -0.3 is 5.11 Å². The quantitative estimate of drug-likeness (QED) is 0.668. The third kappa shape index (κ3) is 2.65. The first-order valence-electron chi connectivity index (χ1n) is 3.57. The van der Waals surface area contributed by atoms with Crippen LogP contribution in [-0.2, 0) is 4.79 Å². The molecule has 0 aliphatic rings. The Morgan fingerprint density at radius 2 is 2.07 bits per heavy atom. The number of carbonyl (C=O) groups is 1. The predicted octanol–water partition coefficient (Wildman–Crippen LogP) is 3.45. The highest BCUT2D eigenvalue weighted by atomic mass is 79.9. The molecule has 5 heteroatoms. The van der Waals surface area contributed by atoms with Gasteiger partial charge in [0.1, 0.15) is 5.82 Å². The van der Waals surface area contributed by atoms with E-state index in [1.807, 2.05) is 0 Å². The fourth-order valence-electron chi connectivity index (χ4n) is 0.850. The van der Waals surface area contributed by atoms with Crippen molar-refractivity contribution in [3.05, 3.63) is 38.5 Å². The van der Waals surface area contributed by atoms with Gasteiger partial charge in [-0.1, -0.05) is 15.9 Å². The molecule has 0 saturated carbocycles. The Kier molecular flexibility index (Phi) is 3.83. The molecule has 0 aliphatic heterocycles. The lowest BCUT2D eigenvalue weighted by atomic mass is 10.2. The summed E-state index contributed by atoms with van der Waals surface area (Å²) in [5, 5.41) is 8.41. The van der Waals surface area contributed by atoms with Crippen molar-refractivity contribution in [3.63, 3.8) is 0 Å². The maximum atomic E-state index is 13.0. The molecule has 0 fully saturated rings. The molecule has 0 aromatic heterocycles. The van der Waals surface area contributed by atoms with Crippen molar-refractivity contribution in [3.8, 4) is 0 Å². The third-order valence-electron chi connectivity index (χ3n) is 1.47. The normalized spacial score (nSPS) is 10.8. The van der Waals surface area contributed by atoms with Gasteiger partial charge in [-0.15, -0.1) is 0 Å². The molecule has 0 unspecified atom stereocenters. The average molecular weight is 324 g/mol. The summed E-state index contributed by atoms with van der Waals surface area (Å²) in [6.45, 7) is 0. The number of rotatable bonds is 2. The number of hydrogen-bond donors (Lipinski definition) is 1. The molecule has 0 bridgehead atoms. The molecule has 1 aromatic carbocycles. The molecule has 1 N–H and O–H groups in total. The second-order valence-electron chi connectivity index (χ2n) is 2.43. The highest BCUT2D eigenvalue weighted by molar-refractivity contribution is 9.11. The van der Waals surface area contributed by atoms with E-state index >= 15 is 0 Å². The summed E-state index contributed by atoms with van der Waals surface area (Å²) in [7, 11) is 0. The first-order chi connectivity index (χ1) is 6.52. The molecule has 1 aromatic rings. The number of aliphatic carboxylic acids is 1. The van der Waals surface area contributed by atoms with Crippen molar-refractivity contribution in [1.29, 1.82) is 0 Å². The highest BCUT2D eigenvalue weighted by Crippen LogP contribution is 2.28. The van der Waals surface area contributed by atoms with E-state index in [1.165, 1.54) is 18.2 Å². The standard InChI is InChI=1S/C9H5Br2FO2/c10-6-2-3-7(12)9(11)5(6)1-4-8(13)14/h1-4H,(H,13,14)/b4-1+. The van der Waals surface area contributed by atoms with Crippen LogP contribution in [0.3, 0.4) is 0 Å². The van der Waals surface area contributed by atoms with Crippen LogP contribution in [0.5, 0.6) is 0 Å². The number of carboxylic acid groups (broad SMARTS) is 1. The molecule has 0 radical (unpaired) electrons. The molecule has 0 heterocycles. The van der Waals surface area contributed by atoms with Crippen LogP contribution in [0.1, 0.15) is 5.56 Å². The van der Waals surface area contributed by atoms with Crippen molar-refractivity contribution < 1.29 is 14.3 Å². The fraction of sp³-hybridized carbons (Fsp3) is 0. The van der Waals surface area contributed by atoms with E-state index in [-0.39, 0.29) is 4.47 Å². The Balaban J connectivity index is 3.19. The minimum atomic E-state index is -1.08. The highest BCUT2D eigenvalue weighted by Gasteiger charge is 2.07. The maximum Gasteiger partial charge on any atom is 0.328 e. The molecule has 1 rings (SSSR count). The van der Waals surface area contributed by atoms with Gasteiger partial charge in [-0.3, -0.25) is 0 Å². The van der Waals surface area contributed by atoms with Crippen LogP contribution in [0.2, 0.25) is 0 Å². The molecule has 0 saturated heterocycles. The molecular weight excluding hydrogens is 319 g/mol. The van der Waals surface area contributed by atoms with E-state index in [0.717, 1.165) is 6.08 Å². The zero-order valence-electron chi connectivity index (χ0n) is 6.80. The second-order valence-corrected chi connectivity index (χ2v) is 4.08. The Bertz CT molecular complexity index is 402. The average Bonchev–Trinajstić information content (AvgIpc) is 2.11. The van der Waals surface area contributed by atoms with Crippen LogP contribution in [0.4, 0.5) is 4.39 Å². The van der Waals surface area contributed by atoms with E-state index in [4.69, 9.17) is 5.11 Å². The molecular formula is C9H5Br2FO2. The number of halogens is 3. The molecule has 0 amide bonds. The predicted molar refractivity (Wildman–Crippen MR) is 58.5 cm³/mol. The van der Waals surface area contributed by atoms with Gasteiger partial charge in [-0.2, -0.15) is 0 Å². The molecule has 0 spiro atoms. The third-order valence-corrected chi connectivity index (χ3v) is 2.97. The van der Waals surface area contributed by atoms with Crippen molar-refractivity contribution in [2.24, 2.45) is 0 Å². The monoisotopic (exact) mass is 322 g/mol. The molecule has 74 valence electrons. The van der Waals surface area contributed by atoms with Crippen molar-refractivity contribution in [1.82, 2.24) is 0 Å². The first-order valence-corrected chi connectivity index (χ1v) is 5.15. The summed E-state index contributed by atoms with van der Waals surface area (Å²) >= 11 is 6.22. The smallest absolute Gasteiger partial charge is 0.328 e. The Hall–Kier alpha value is -0.680. The summed E-state index contributed by atoms with van der Waals surface area (Å²) < 4.78 is 13.9. The molecule has 2 nitrogen and oxygen atoms in total. The second kappa shape index (κ2) is 4.70. The van der Waals surface area contributed by atoms with Gasteiger partial charge in [0.15, 0.2) is 0 Å². The van der Waals surface area contributed by atoms with Crippen molar-refractivity contribution in [2.75, 3.05) is 0 Å². The van der Waals surface area contributed by atoms with Gasteiger partial charge in [0.25, 0.3) is 0 Å². The SMILES string of the molecule is O=C(O)/C=C/c1c(Br)ccc(F)c1Br. The Labute approximate surface area is 96.7 Å². The van der Waals surface area contributed by atoms with Gasteiger partial charge >= 0.3 is 5.97 Å². The van der Waals surface area contributed by atoms with E-state index in [9.17, 15) is 9.18 Å². The Morgan fingerprint density at radius 3 is 2.64 bits per heavy atom. The van der Waals surface area contributed by atoms with Crippen molar-refractivity contribution >= 4 is 43.9 Å². The van der Waals surface area contributed by atoms with Crippen LogP contribution in [0, 0.1) is 5.82 Å². The molecule has 0 atom stereocenters.